The maximum Gasteiger partial charge on any atom is 0.0474 e. The highest BCUT2D eigenvalue weighted by molar-refractivity contribution is 7.26. The highest BCUT2D eigenvalue weighted by atomic mass is 35.5. The molecule has 0 aliphatic heterocycles. The van der Waals surface area contributed by atoms with Crippen LogP contribution in [0.4, 0.5) is 0 Å². The molecule has 1 heterocycles. The average Bonchev–Trinajstić information content (AvgIpc) is 2.68. The van der Waals surface area contributed by atoms with Crippen LogP contribution in [0.15, 0.2) is 30.3 Å². The Morgan fingerprint density at radius 1 is 1.06 bits per heavy atom. The van der Waals surface area contributed by atoms with Crippen LogP contribution in [0, 0.1) is 13.8 Å². The predicted molar refractivity (Wildman–Crippen MR) is 78.4 cm³/mol. The van der Waals surface area contributed by atoms with Crippen LogP contribution < -0.4 is 0 Å². The van der Waals surface area contributed by atoms with Crippen molar-refractivity contribution >= 4 is 43.1 Å². The Labute approximate surface area is 110 Å². The summed E-state index contributed by atoms with van der Waals surface area (Å²) >= 11 is 7.83. The molecular weight excluding hydrogens is 248 g/mol. The first-order valence-electron chi connectivity index (χ1n) is 5.67. The number of benzene rings is 2. The molecule has 0 saturated carbocycles. The summed E-state index contributed by atoms with van der Waals surface area (Å²) in [5.74, 6) is 0.583. The van der Waals surface area contributed by atoms with Crippen LogP contribution in [0.3, 0.4) is 0 Å². The molecule has 0 amide bonds. The lowest BCUT2D eigenvalue weighted by atomic mass is 10.1. The van der Waals surface area contributed by atoms with Crippen molar-refractivity contribution in [2.24, 2.45) is 0 Å². The van der Waals surface area contributed by atoms with E-state index in [1.54, 1.807) is 0 Å². The molecule has 0 saturated heterocycles. The van der Waals surface area contributed by atoms with Crippen LogP contribution >= 0.6 is 22.9 Å². The quantitative estimate of drug-likeness (QED) is 0.513. The standard InChI is InChI=1S/C15H13ClS/c1-9-3-4-14-12(5-9)13-7-11(8-16)6-10(2)15(13)17-14/h3-7H,8H2,1-2H3. The van der Waals surface area contributed by atoms with E-state index in [9.17, 15) is 0 Å². The summed E-state index contributed by atoms with van der Waals surface area (Å²) in [4.78, 5) is 0. The topological polar surface area (TPSA) is 0 Å². The SMILES string of the molecule is Cc1ccc2sc3c(C)cc(CCl)cc3c2c1. The first-order valence-corrected chi connectivity index (χ1v) is 7.02. The van der Waals surface area contributed by atoms with Gasteiger partial charge in [-0.05, 0) is 43.2 Å². The lowest BCUT2D eigenvalue weighted by Gasteiger charge is -2.01. The van der Waals surface area contributed by atoms with Gasteiger partial charge in [-0.15, -0.1) is 22.9 Å². The van der Waals surface area contributed by atoms with Gasteiger partial charge in [-0.25, -0.2) is 0 Å². The Morgan fingerprint density at radius 3 is 2.65 bits per heavy atom. The van der Waals surface area contributed by atoms with Gasteiger partial charge in [-0.3, -0.25) is 0 Å². The maximum atomic E-state index is 5.95. The van der Waals surface area contributed by atoms with E-state index in [4.69, 9.17) is 11.6 Å². The molecule has 0 spiro atoms. The second-order valence-electron chi connectivity index (χ2n) is 4.52. The van der Waals surface area contributed by atoms with Crippen LogP contribution in [-0.2, 0) is 5.88 Å². The lowest BCUT2D eigenvalue weighted by molar-refractivity contribution is 1.39. The van der Waals surface area contributed by atoms with Crippen molar-refractivity contribution in [2.45, 2.75) is 19.7 Å². The maximum absolute atomic E-state index is 5.95. The van der Waals surface area contributed by atoms with Gasteiger partial charge in [-0.2, -0.15) is 0 Å². The van der Waals surface area contributed by atoms with Crippen LogP contribution in [0.2, 0.25) is 0 Å². The fourth-order valence-electron chi connectivity index (χ4n) is 2.31. The number of rotatable bonds is 1. The first-order chi connectivity index (χ1) is 8.19. The van der Waals surface area contributed by atoms with Crippen LogP contribution in [0.5, 0.6) is 0 Å². The molecule has 3 aromatic rings. The van der Waals surface area contributed by atoms with Gasteiger partial charge in [0, 0.05) is 26.1 Å². The van der Waals surface area contributed by atoms with E-state index in [1.807, 2.05) is 11.3 Å². The summed E-state index contributed by atoms with van der Waals surface area (Å²) < 4.78 is 2.75. The molecule has 0 aliphatic carbocycles. The van der Waals surface area contributed by atoms with Gasteiger partial charge in [0.25, 0.3) is 0 Å². The van der Waals surface area contributed by atoms with Crippen LogP contribution in [-0.4, -0.2) is 0 Å². The largest absolute Gasteiger partial charge is 0.135 e. The molecule has 17 heavy (non-hydrogen) atoms. The highest BCUT2D eigenvalue weighted by Gasteiger charge is 2.08. The molecule has 0 bridgehead atoms. The van der Waals surface area contributed by atoms with E-state index < -0.39 is 0 Å². The van der Waals surface area contributed by atoms with E-state index in [0.29, 0.717) is 5.88 Å². The molecule has 0 unspecified atom stereocenters. The molecule has 0 N–H and O–H groups in total. The minimum atomic E-state index is 0.583. The smallest absolute Gasteiger partial charge is 0.0474 e. The highest BCUT2D eigenvalue weighted by Crippen LogP contribution is 2.37. The number of thiophene rings is 1. The van der Waals surface area contributed by atoms with E-state index in [-0.39, 0.29) is 0 Å². The molecule has 86 valence electrons. The predicted octanol–water partition coefficient (Wildman–Crippen LogP) is 5.41. The summed E-state index contributed by atoms with van der Waals surface area (Å²) in [6.45, 7) is 4.31. The fraction of sp³-hybridized carbons (Fsp3) is 0.200. The number of fused-ring (bicyclic) bond motifs is 3. The van der Waals surface area contributed by atoms with Gasteiger partial charge in [0.15, 0.2) is 0 Å². The minimum Gasteiger partial charge on any atom is -0.135 e. The van der Waals surface area contributed by atoms with Gasteiger partial charge in [0.2, 0.25) is 0 Å². The normalized spacial score (nSPS) is 11.5. The Bertz CT molecular complexity index is 710. The third kappa shape index (κ3) is 1.74. The Kier molecular flexibility index (Phi) is 2.61. The third-order valence-electron chi connectivity index (χ3n) is 3.13. The number of alkyl halides is 1. The number of aryl methyl sites for hydroxylation is 2. The number of halogens is 1. The zero-order valence-electron chi connectivity index (χ0n) is 9.88. The van der Waals surface area contributed by atoms with Crippen LogP contribution in [0.25, 0.3) is 20.2 Å². The van der Waals surface area contributed by atoms with Crippen molar-refractivity contribution in [3.05, 3.63) is 47.0 Å². The molecule has 0 fully saturated rings. The number of hydrogen-bond acceptors (Lipinski definition) is 1. The van der Waals surface area contributed by atoms with Gasteiger partial charge >= 0.3 is 0 Å². The minimum absolute atomic E-state index is 0.583. The Balaban J connectivity index is 2.49. The molecule has 3 rings (SSSR count). The summed E-state index contributed by atoms with van der Waals surface area (Å²) in [5, 5.41) is 2.71. The van der Waals surface area contributed by atoms with Gasteiger partial charge in [-0.1, -0.05) is 17.7 Å². The fourth-order valence-corrected chi connectivity index (χ4v) is 3.60. The van der Waals surface area contributed by atoms with E-state index in [0.717, 1.165) is 0 Å². The molecule has 2 aromatic carbocycles. The van der Waals surface area contributed by atoms with E-state index in [2.05, 4.69) is 44.2 Å². The van der Waals surface area contributed by atoms with E-state index >= 15 is 0 Å². The summed E-state index contributed by atoms with van der Waals surface area (Å²) in [6.07, 6.45) is 0. The molecule has 0 atom stereocenters. The van der Waals surface area contributed by atoms with Crippen LogP contribution in [0.1, 0.15) is 16.7 Å². The summed E-state index contributed by atoms with van der Waals surface area (Å²) in [7, 11) is 0. The Morgan fingerprint density at radius 2 is 1.88 bits per heavy atom. The van der Waals surface area contributed by atoms with Crippen molar-refractivity contribution in [3.8, 4) is 0 Å². The monoisotopic (exact) mass is 260 g/mol. The lowest BCUT2D eigenvalue weighted by Crippen LogP contribution is -1.80. The second kappa shape index (κ2) is 4.01. The number of hydrogen-bond donors (Lipinski definition) is 0. The molecule has 2 heteroatoms. The third-order valence-corrected chi connectivity index (χ3v) is 4.76. The van der Waals surface area contributed by atoms with Crippen molar-refractivity contribution < 1.29 is 0 Å². The van der Waals surface area contributed by atoms with Gasteiger partial charge in [0.1, 0.15) is 0 Å². The molecular formula is C15H13ClS. The molecule has 1 aromatic heterocycles. The average molecular weight is 261 g/mol. The van der Waals surface area contributed by atoms with Crippen molar-refractivity contribution in [1.82, 2.24) is 0 Å². The summed E-state index contributed by atoms with van der Waals surface area (Å²) in [6, 6.07) is 11.1. The Hall–Kier alpha value is -1.05. The van der Waals surface area contributed by atoms with E-state index in [1.165, 1.54) is 36.9 Å². The molecule has 0 radical (unpaired) electrons. The van der Waals surface area contributed by atoms with Crippen molar-refractivity contribution in [3.63, 3.8) is 0 Å². The van der Waals surface area contributed by atoms with Crippen molar-refractivity contribution in [1.29, 1.82) is 0 Å². The second-order valence-corrected chi connectivity index (χ2v) is 5.84. The first kappa shape index (κ1) is 11.1. The molecule has 0 nitrogen and oxygen atoms in total. The molecule has 0 aliphatic rings. The zero-order valence-corrected chi connectivity index (χ0v) is 11.5. The zero-order chi connectivity index (χ0) is 12.0. The van der Waals surface area contributed by atoms with Crippen molar-refractivity contribution in [2.75, 3.05) is 0 Å². The van der Waals surface area contributed by atoms with Gasteiger partial charge < -0.3 is 0 Å². The van der Waals surface area contributed by atoms with Gasteiger partial charge in [0.05, 0.1) is 0 Å². The summed E-state index contributed by atoms with van der Waals surface area (Å²) in [5.41, 5.74) is 3.85.